The molecule has 0 heteroatoms. The van der Waals surface area contributed by atoms with Crippen molar-refractivity contribution in [2.24, 2.45) is 11.8 Å². The largest absolute Gasteiger partial charge is 0.0654 e. The Kier molecular flexibility index (Phi) is 24.3. The number of unbranched alkanes of at least 4 members (excludes halogenated alkanes) is 14. The van der Waals surface area contributed by atoms with E-state index < -0.39 is 0 Å². The van der Waals surface area contributed by atoms with Crippen LogP contribution in [0.2, 0.25) is 0 Å². The van der Waals surface area contributed by atoms with E-state index in [1.165, 1.54) is 141 Å². The van der Waals surface area contributed by atoms with Crippen LogP contribution in [0, 0.1) is 18.3 Å². The van der Waals surface area contributed by atoms with Gasteiger partial charge >= 0.3 is 0 Å². The minimum absolute atomic E-state index is 0.903. The smallest absolute Gasteiger partial charge is 0.0324 e. The monoisotopic (exact) mass is 407 g/mol. The molecule has 0 aromatic carbocycles. The van der Waals surface area contributed by atoms with Crippen molar-refractivity contribution in [2.45, 2.75) is 169 Å². The third-order valence-corrected chi connectivity index (χ3v) is 6.76. The van der Waals surface area contributed by atoms with Crippen LogP contribution < -0.4 is 0 Å². The zero-order valence-corrected chi connectivity index (χ0v) is 21.3. The van der Waals surface area contributed by atoms with Gasteiger partial charge in [-0.3, -0.25) is 0 Å². The van der Waals surface area contributed by atoms with E-state index in [2.05, 4.69) is 34.1 Å². The summed E-state index contributed by atoms with van der Waals surface area (Å²) >= 11 is 0. The molecule has 0 aliphatic carbocycles. The first-order chi connectivity index (χ1) is 14.3. The van der Waals surface area contributed by atoms with Crippen molar-refractivity contribution in [3.05, 3.63) is 6.42 Å². The number of rotatable bonds is 24. The lowest BCUT2D eigenvalue weighted by Crippen LogP contribution is -2.11. The van der Waals surface area contributed by atoms with Crippen LogP contribution in [0.3, 0.4) is 0 Å². The van der Waals surface area contributed by atoms with Crippen LogP contribution in [0.15, 0.2) is 0 Å². The van der Waals surface area contributed by atoms with E-state index in [0.29, 0.717) is 0 Å². The standard InChI is InChI=1S/C29H59/c1-5-9-13-17-18-22-26-29(25-21-16-12-8-4)27-28(23-19-14-10-6-2)24-20-15-11-7-3/h27-29H,5-26H2,1-4H3. The second-order valence-electron chi connectivity index (χ2n) is 9.82. The second-order valence-corrected chi connectivity index (χ2v) is 9.82. The average Bonchev–Trinajstić information content (AvgIpc) is 2.73. The van der Waals surface area contributed by atoms with Gasteiger partial charge in [-0.05, 0) is 18.3 Å². The molecule has 1 radical (unpaired) electrons. The summed E-state index contributed by atoms with van der Waals surface area (Å²) in [7, 11) is 0. The predicted molar refractivity (Wildman–Crippen MR) is 136 cm³/mol. The van der Waals surface area contributed by atoms with Gasteiger partial charge in [-0.15, -0.1) is 0 Å². The molecule has 1 unspecified atom stereocenters. The van der Waals surface area contributed by atoms with Crippen molar-refractivity contribution in [1.82, 2.24) is 0 Å². The molecule has 29 heavy (non-hydrogen) atoms. The van der Waals surface area contributed by atoms with Crippen LogP contribution in [0.25, 0.3) is 0 Å². The summed E-state index contributed by atoms with van der Waals surface area (Å²) in [5.74, 6) is 1.81. The van der Waals surface area contributed by atoms with Crippen LogP contribution in [0.4, 0.5) is 0 Å². The molecular formula is C29H59. The highest BCUT2D eigenvalue weighted by Crippen LogP contribution is 2.30. The average molecular weight is 408 g/mol. The molecule has 0 aromatic heterocycles. The molecule has 0 nitrogen and oxygen atoms in total. The first-order valence-electron chi connectivity index (χ1n) is 14.1. The fraction of sp³-hybridized carbons (Fsp3) is 0.966. The summed E-state index contributed by atoms with van der Waals surface area (Å²) < 4.78 is 0. The van der Waals surface area contributed by atoms with E-state index in [0.717, 1.165) is 11.8 Å². The summed E-state index contributed by atoms with van der Waals surface area (Å²) in [5, 5.41) is 0. The highest BCUT2D eigenvalue weighted by molar-refractivity contribution is 4.84. The topological polar surface area (TPSA) is 0 Å². The van der Waals surface area contributed by atoms with E-state index >= 15 is 0 Å². The normalized spacial score (nSPS) is 12.7. The van der Waals surface area contributed by atoms with Gasteiger partial charge in [0.25, 0.3) is 0 Å². The van der Waals surface area contributed by atoms with Crippen LogP contribution in [0.1, 0.15) is 169 Å². The van der Waals surface area contributed by atoms with E-state index in [4.69, 9.17) is 0 Å². The fourth-order valence-corrected chi connectivity index (χ4v) is 4.75. The maximum absolute atomic E-state index is 2.87. The van der Waals surface area contributed by atoms with E-state index in [1.54, 1.807) is 0 Å². The lowest BCUT2D eigenvalue weighted by atomic mass is 9.82. The molecule has 0 aliphatic rings. The number of hydrogen-bond acceptors (Lipinski definition) is 0. The van der Waals surface area contributed by atoms with Crippen LogP contribution >= 0.6 is 0 Å². The van der Waals surface area contributed by atoms with Crippen LogP contribution in [-0.2, 0) is 0 Å². The zero-order chi connectivity index (χ0) is 21.4. The Balaban J connectivity index is 4.44. The highest BCUT2D eigenvalue weighted by Gasteiger charge is 2.17. The van der Waals surface area contributed by atoms with Gasteiger partial charge in [0.05, 0.1) is 0 Å². The maximum atomic E-state index is 2.87. The molecule has 0 saturated carbocycles. The first kappa shape index (κ1) is 29.0. The van der Waals surface area contributed by atoms with Gasteiger partial charge in [-0.25, -0.2) is 0 Å². The van der Waals surface area contributed by atoms with Crippen molar-refractivity contribution >= 4 is 0 Å². The Labute approximate surface area is 187 Å². The fourth-order valence-electron chi connectivity index (χ4n) is 4.75. The van der Waals surface area contributed by atoms with E-state index in [-0.39, 0.29) is 0 Å². The summed E-state index contributed by atoms with van der Waals surface area (Å²) in [6, 6.07) is 0. The van der Waals surface area contributed by atoms with Crippen LogP contribution in [-0.4, -0.2) is 0 Å². The molecule has 0 aromatic rings. The Bertz CT molecular complexity index is 270. The molecule has 0 fully saturated rings. The Morgan fingerprint density at radius 2 is 0.586 bits per heavy atom. The molecule has 0 bridgehead atoms. The molecule has 0 heterocycles. The molecule has 0 spiro atoms. The van der Waals surface area contributed by atoms with Crippen molar-refractivity contribution in [1.29, 1.82) is 0 Å². The lowest BCUT2D eigenvalue weighted by molar-refractivity contribution is 0.365. The van der Waals surface area contributed by atoms with Gasteiger partial charge in [0.1, 0.15) is 0 Å². The van der Waals surface area contributed by atoms with E-state index in [1.807, 2.05) is 0 Å². The lowest BCUT2D eigenvalue weighted by Gasteiger charge is -2.24. The molecule has 1 atom stereocenters. The molecule has 0 saturated heterocycles. The molecule has 0 rings (SSSR count). The van der Waals surface area contributed by atoms with Gasteiger partial charge in [0, 0.05) is 0 Å². The molecular weight excluding hydrogens is 348 g/mol. The summed E-state index contributed by atoms with van der Waals surface area (Å²) in [6.07, 6.45) is 34.5. The number of hydrogen-bond donors (Lipinski definition) is 0. The maximum Gasteiger partial charge on any atom is -0.0324 e. The van der Waals surface area contributed by atoms with Crippen molar-refractivity contribution in [2.75, 3.05) is 0 Å². The van der Waals surface area contributed by atoms with Gasteiger partial charge in [-0.2, -0.15) is 0 Å². The summed E-state index contributed by atoms with van der Waals surface area (Å²) in [4.78, 5) is 0. The SMILES string of the molecule is CCCCCCCCC([CH]C(CCCCCC)CCCCCC)CCCCCC. The molecule has 0 amide bonds. The van der Waals surface area contributed by atoms with Crippen molar-refractivity contribution < 1.29 is 0 Å². The highest BCUT2D eigenvalue weighted by atomic mass is 14.2. The Morgan fingerprint density at radius 3 is 0.897 bits per heavy atom. The summed E-state index contributed by atoms with van der Waals surface area (Å²) in [6.45, 7) is 9.33. The van der Waals surface area contributed by atoms with Gasteiger partial charge in [0.15, 0.2) is 0 Å². The Morgan fingerprint density at radius 1 is 0.345 bits per heavy atom. The molecule has 0 N–H and O–H groups in total. The second kappa shape index (κ2) is 24.3. The zero-order valence-electron chi connectivity index (χ0n) is 21.3. The minimum atomic E-state index is 0.903. The van der Waals surface area contributed by atoms with Gasteiger partial charge in [0.2, 0.25) is 0 Å². The Hall–Kier alpha value is 0. The van der Waals surface area contributed by atoms with E-state index in [9.17, 15) is 0 Å². The van der Waals surface area contributed by atoms with Gasteiger partial charge < -0.3 is 0 Å². The minimum Gasteiger partial charge on any atom is -0.0654 e. The third kappa shape index (κ3) is 21.0. The van der Waals surface area contributed by atoms with Crippen molar-refractivity contribution in [3.8, 4) is 0 Å². The third-order valence-electron chi connectivity index (χ3n) is 6.76. The predicted octanol–water partition coefficient (Wildman–Crippen LogP) is 11.1. The van der Waals surface area contributed by atoms with Gasteiger partial charge in [-0.1, -0.05) is 169 Å². The quantitative estimate of drug-likeness (QED) is 0.139. The molecule has 175 valence electrons. The molecule has 0 aliphatic heterocycles. The van der Waals surface area contributed by atoms with Crippen LogP contribution in [0.5, 0.6) is 0 Å². The summed E-state index contributed by atoms with van der Waals surface area (Å²) in [5.41, 5.74) is 0. The first-order valence-corrected chi connectivity index (χ1v) is 14.1. The van der Waals surface area contributed by atoms with Crippen molar-refractivity contribution in [3.63, 3.8) is 0 Å².